The number of pyridine rings is 1. The molecule has 1 rings (SSSR count). The standard InChI is InChI=1S/C6H5ClFNO2/c1-11-5-3(10)2-9-6(8)4(5)7/h2,10H,1H3. The predicted molar refractivity (Wildman–Crippen MR) is 37.4 cm³/mol. The highest BCUT2D eigenvalue weighted by Gasteiger charge is 2.12. The van der Waals surface area contributed by atoms with E-state index in [1.54, 1.807) is 0 Å². The van der Waals surface area contributed by atoms with Crippen molar-refractivity contribution in [3.63, 3.8) is 0 Å². The van der Waals surface area contributed by atoms with Crippen LogP contribution in [0.25, 0.3) is 0 Å². The van der Waals surface area contributed by atoms with E-state index in [0.29, 0.717) is 0 Å². The molecular weight excluding hydrogens is 173 g/mol. The summed E-state index contributed by atoms with van der Waals surface area (Å²) < 4.78 is 17.1. The molecule has 0 spiro atoms. The van der Waals surface area contributed by atoms with Crippen LogP contribution in [0, 0.1) is 5.95 Å². The Morgan fingerprint density at radius 3 is 2.82 bits per heavy atom. The van der Waals surface area contributed by atoms with E-state index >= 15 is 0 Å². The van der Waals surface area contributed by atoms with E-state index in [-0.39, 0.29) is 16.5 Å². The summed E-state index contributed by atoms with van der Waals surface area (Å²) in [5, 5.41) is 8.66. The molecule has 0 aliphatic heterocycles. The Kier molecular flexibility index (Phi) is 2.14. The van der Waals surface area contributed by atoms with Gasteiger partial charge in [-0.25, -0.2) is 4.98 Å². The first kappa shape index (κ1) is 8.07. The normalized spacial score (nSPS) is 9.73. The highest BCUT2D eigenvalue weighted by molar-refractivity contribution is 6.32. The summed E-state index contributed by atoms with van der Waals surface area (Å²) >= 11 is 5.38. The minimum absolute atomic E-state index is 0.0980. The SMILES string of the molecule is COc1c(O)cnc(F)c1Cl. The molecule has 11 heavy (non-hydrogen) atoms. The van der Waals surface area contributed by atoms with Crippen LogP contribution >= 0.6 is 11.6 Å². The van der Waals surface area contributed by atoms with Crippen LogP contribution < -0.4 is 4.74 Å². The third-order valence-electron chi connectivity index (χ3n) is 1.12. The van der Waals surface area contributed by atoms with E-state index in [1.165, 1.54) is 7.11 Å². The number of halogens is 2. The van der Waals surface area contributed by atoms with Gasteiger partial charge in [0.1, 0.15) is 5.02 Å². The number of methoxy groups -OCH3 is 1. The number of ether oxygens (including phenoxy) is 1. The number of hydrogen-bond acceptors (Lipinski definition) is 3. The van der Waals surface area contributed by atoms with E-state index in [4.69, 9.17) is 16.7 Å². The number of hydrogen-bond donors (Lipinski definition) is 1. The summed E-state index contributed by atoms with van der Waals surface area (Å²) in [5.74, 6) is -1.24. The van der Waals surface area contributed by atoms with Gasteiger partial charge in [-0.2, -0.15) is 4.39 Å². The number of aromatic nitrogens is 1. The summed E-state index contributed by atoms with van der Waals surface area (Å²) in [6.07, 6.45) is 0.931. The van der Waals surface area contributed by atoms with Gasteiger partial charge >= 0.3 is 0 Å². The Morgan fingerprint density at radius 2 is 2.36 bits per heavy atom. The van der Waals surface area contributed by atoms with Crippen molar-refractivity contribution in [1.29, 1.82) is 0 Å². The molecule has 5 heteroatoms. The molecule has 0 aliphatic carbocycles. The van der Waals surface area contributed by atoms with E-state index in [1.807, 2.05) is 0 Å². The zero-order valence-electron chi connectivity index (χ0n) is 5.64. The number of nitrogens with zero attached hydrogens (tertiary/aromatic N) is 1. The Balaban J connectivity index is 3.29. The smallest absolute Gasteiger partial charge is 0.235 e. The summed E-state index contributed by atoms with van der Waals surface area (Å²) in [4.78, 5) is 3.16. The molecule has 0 saturated heterocycles. The average molecular weight is 178 g/mol. The summed E-state index contributed by atoms with van der Waals surface area (Å²) in [6.45, 7) is 0. The molecular formula is C6H5ClFNO2. The summed E-state index contributed by atoms with van der Waals surface area (Å²) in [6, 6.07) is 0. The van der Waals surface area contributed by atoms with Crippen molar-refractivity contribution in [2.45, 2.75) is 0 Å². The van der Waals surface area contributed by atoms with Crippen LogP contribution in [-0.4, -0.2) is 17.2 Å². The molecule has 0 saturated carbocycles. The van der Waals surface area contributed by atoms with Crippen molar-refractivity contribution < 1.29 is 14.2 Å². The second-order valence-electron chi connectivity index (χ2n) is 1.78. The van der Waals surface area contributed by atoms with Crippen molar-refractivity contribution in [2.24, 2.45) is 0 Å². The molecule has 1 N–H and O–H groups in total. The summed E-state index contributed by atoms with van der Waals surface area (Å²) in [5.41, 5.74) is 0. The van der Waals surface area contributed by atoms with Crippen molar-refractivity contribution in [3.8, 4) is 11.5 Å². The zero-order valence-corrected chi connectivity index (χ0v) is 6.39. The fraction of sp³-hybridized carbons (Fsp3) is 0.167. The first-order valence-corrected chi connectivity index (χ1v) is 3.11. The largest absolute Gasteiger partial charge is 0.503 e. The van der Waals surface area contributed by atoms with Gasteiger partial charge in [-0.3, -0.25) is 0 Å². The molecule has 0 bridgehead atoms. The lowest BCUT2D eigenvalue weighted by Gasteiger charge is -2.03. The molecule has 3 nitrogen and oxygen atoms in total. The van der Waals surface area contributed by atoms with E-state index in [9.17, 15) is 4.39 Å². The molecule has 0 radical (unpaired) electrons. The molecule has 0 unspecified atom stereocenters. The van der Waals surface area contributed by atoms with Crippen LogP contribution in [0.15, 0.2) is 6.20 Å². The van der Waals surface area contributed by atoms with Crippen LogP contribution in [0.2, 0.25) is 5.02 Å². The Hall–Kier alpha value is -1.03. The molecule has 1 aromatic rings. The lowest BCUT2D eigenvalue weighted by atomic mass is 10.4. The van der Waals surface area contributed by atoms with Crippen LogP contribution in [-0.2, 0) is 0 Å². The quantitative estimate of drug-likeness (QED) is 0.663. The van der Waals surface area contributed by atoms with Gasteiger partial charge < -0.3 is 9.84 Å². The molecule has 60 valence electrons. The first-order valence-electron chi connectivity index (χ1n) is 2.73. The maximum atomic E-state index is 12.5. The number of aromatic hydroxyl groups is 1. The first-order chi connectivity index (χ1) is 5.16. The van der Waals surface area contributed by atoms with Gasteiger partial charge in [0.25, 0.3) is 0 Å². The third-order valence-corrected chi connectivity index (χ3v) is 1.45. The second kappa shape index (κ2) is 2.92. The Bertz CT molecular complexity index is 280. The predicted octanol–water partition coefficient (Wildman–Crippen LogP) is 1.59. The van der Waals surface area contributed by atoms with E-state index in [2.05, 4.69) is 9.72 Å². The molecule has 1 heterocycles. The minimum atomic E-state index is -0.860. The number of rotatable bonds is 1. The van der Waals surface area contributed by atoms with Crippen molar-refractivity contribution in [3.05, 3.63) is 17.2 Å². The molecule has 0 aromatic carbocycles. The zero-order chi connectivity index (χ0) is 8.43. The molecule has 0 fully saturated rings. The van der Waals surface area contributed by atoms with Gasteiger partial charge in [0.2, 0.25) is 5.95 Å². The summed E-state index contributed by atoms with van der Waals surface area (Å²) in [7, 11) is 1.28. The Labute approximate surface area is 67.4 Å². The molecule has 0 amide bonds. The molecule has 0 aliphatic rings. The fourth-order valence-corrected chi connectivity index (χ4v) is 0.856. The van der Waals surface area contributed by atoms with Crippen molar-refractivity contribution >= 4 is 11.6 Å². The van der Waals surface area contributed by atoms with E-state index < -0.39 is 5.95 Å². The van der Waals surface area contributed by atoms with Gasteiger partial charge in [-0.15, -0.1) is 0 Å². The van der Waals surface area contributed by atoms with Gasteiger partial charge in [0.15, 0.2) is 11.5 Å². The van der Waals surface area contributed by atoms with Gasteiger partial charge in [-0.05, 0) is 0 Å². The fourth-order valence-electron chi connectivity index (χ4n) is 0.633. The van der Waals surface area contributed by atoms with Crippen LogP contribution in [0.5, 0.6) is 11.5 Å². The second-order valence-corrected chi connectivity index (χ2v) is 2.16. The lowest BCUT2D eigenvalue weighted by Crippen LogP contribution is -1.90. The minimum Gasteiger partial charge on any atom is -0.503 e. The maximum Gasteiger partial charge on any atom is 0.235 e. The topological polar surface area (TPSA) is 42.4 Å². The van der Waals surface area contributed by atoms with Crippen molar-refractivity contribution in [2.75, 3.05) is 7.11 Å². The van der Waals surface area contributed by atoms with Crippen LogP contribution in [0.4, 0.5) is 4.39 Å². The highest BCUT2D eigenvalue weighted by Crippen LogP contribution is 2.33. The average Bonchev–Trinajstić information content (AvgIpc) is 1.99. The van der Waals surface area contributed by atoms with E-state index in [0.717, 1.165) is 6.20 Å². The highest BCUT2D eigenvalue weighted by atomic mass is 35.5. The third kappa shape index (κ3) is 1.35. The van der Waals surface area contributed by atoms with Gasteiger partial charge in [-0.1, -0.05) is 11.6 Å². The van der Waals surface area contributed by atoms with Crippen LogP contribution in [0.3, 0.4) is 0 Å². The maximum absolute atomic E-state index is 12.5. The lowest BCUT2D eigenvalue weighted by molar-refractivity contribution is 0.367. The van der Waals surface area contributed by atoms with Gasteiger partial charge in [0.05, 0.1) is 13.3 Å². The monoisotopic (exact) mass is 177 g/mol. The van der Waals surface area contributed by atoms with Crippen molar-refractivity contribution in [1.82, 2.24) is 4.98 Å². The molecule has 0 atom stereocenters. The van der Waals surface area contributed by atoms with Gasteiger partial charge in [0, 0.05) is 0 Å². The molecule has 1 aromatic heterocycles. The Morgan fingerprint density at radius 1 is 1.73 bits per heavy atom. The van der Waals surface area contributed by atoms with Crippen LogP contribution in [0.1, 0.15) is 0 Å².